The minimum absolute atomic E-state index is 0.00695. The van der Waals surface area contributed by atoms with Crippen LogP contribution in [0.25, 0.3) is 0 Å². The molecule has 3 saturated carbocycles. The molecule has 27 heavy (non-hydrogen) atoms. The number of amides is 3. The van der Waals surface area contributed by atoms with Crippen LogP contribution >= 0.6 is 0 Å². The molecule has 6 nitrogen and oxygen atoms in total. The fourth-order valence-corrected chi connectivity index (χ4v) is 5.63. The highest BCUT2D eigenvalue weighted by Gasteiger charge is 2.54. The van der Waals surface area contributed by atoms with Gasteiger partial charge in [-0.2, -0.15) is 0 Å². The van der Waals surface area contributed by atoms with Gasteiger partial charge in [0.2, 0.25) is 5.91 Å². The van der Waals surface area contributed by atoms with Gasteiger partial charge in [0.1, 0.15) is 0 Å². The molecule has 0 saturated heterocycles. The highest BCUT2D eigenvalue weighted by atomic mass is 16.3. The van der Waals surface area contributed by atoms with Crippen molar-refractivity contribution < 1.29 is 14.7 Å². The third-order valence-electron chi connectivity index (χ3n) is 7.52. The molecule has 0 heterocycles. The number of hydrogen-bond donors (Lipinski definition) is 4. The molecule has 154 valence electrons. The first kappa shape index (κ1) is 20.4. The number of rotatable bonds is 5. The van der Waals surface area contributed by atoms with E-state index in [2.05, 4.69) is 29.8 Å². The maximum absolute atomic E-state index is 12.6. The molecule has 0 bridgehead atoms. The van der Waals surface area contributed by atoms with Crippen molar-refractivity contribution in [1.82, 2.24) is 16.0 Å². The Labute approximate surface area is 163 Å². The Morgan fingerprint density at radius 2 is 1.81 bits per heavy atom. The van der Waals surface area contributed by atoms with Crippen LogP contribution in [0.3, 0.4) is 0 Å². The fourth-order valence-electron chi connectivity index (χ4n) is 5.63. The Bertz CT molecular complexity index is 565. The molecule has 0 aromatic rings. The summed E-state index contributed by atoms with van der Waals surface area (Å²) in [6.45, 7) is 8.91. The molecule has 3 amide bonds. The standard InChI is InChI=1S/C21H37N3O3/c1-5-22-20(27)24-16-9-11-21(4)10-8-15(18(25)17(21)13(16)3)12(2)19(26)23-14-6-7-14/h12-18,25H,5-11H2,1-4H3,(H,23,26)(H2,22,24,27)/t12-,13+,15-,16-,17+,18-,21-/m0/s1. The zero-order valence-corrected chi connectivity index (χ0v) is 17.3. The molecule has 0 spiro atoms. The number of aliphatic hydroxyl groups excluding tert-OH is 1. The molecular formula is C21H37N3O3. The Morgan fingerprint density at radius 1 is 1.15 bits per heavy atom. The normalized spacial score (nSPS) is 39.8. The highest BCUT2D eigenvalue weighted by molar-refractivity contribution is 5.79. The van der Waals surface area contributed by atoms with Crippen LogP contribution in [0.2, 0.25) is 0 Å². The van der Waals surface area contributed by atoms with E-state index in [9.17, 15) is 14.7 Å². The number of hydrogen-bond acceptors (Lipinski definition) is 3. The highest BCUT2D eigenvalue weighted by Crippen LogP contribution is 2.55. The summed E-state index contributed by atoms with van der Waals surface area (Å²) in [6, 6.07) is 0.292. The molecule has 0 aromatic heterocycles. The topological polar surface area (TPSA) is 90.5 Å². The second-order valence-corrected chi connectivity index (χ2v) is 9.45. The molecule has 0 aliphatic heterocycles. The van der Waals surface area contributed by atoms with Crippen LogP contribution in [0.5, 0.6) is 0 Å². The summed E-state index contributed by atoms with van der Waals surface area (Å²) in [5.41, 5.74) is 0.0848. The zero-order chi connectivity index (χ0) is 19.8. The van der Waals surface area contributed by atoms with Gasteiger partial charge in [0.05, 0.1) is 6.10 Å². The van der Waals surface area contributed by atoms with Gasteiger partial charge in [-0.25, -0.2) is 4.79 Å². The summed E-state index contributed by atoms with van der Waals surface area (Å²) < 4.78 is 0. The van der Waals surface area contributed by atoms with Crippen molar-refractivity contribution in [3.63, 3.8) is 0 Å². The SMILES string of the molecule is CCNC(=O)N[C@H]1CC[C@]2(C)CC[C@@H]([C@H](C)C(=O)NC3CC3)[C@H](O)[C@H]2[C@@H]1C. The fraction of sp³-hybridized carbons (Fsp3) is 0.905. The number of carbonyl (C=O) groups excluding carboxylic acids is 2. The van der Waals surface area contributed by atoms with E-state index in [1.54, 1.807) is 0 Å². The number of carbonyl (C=O) groups is 2. The molecule has 4 N–H and O–H groups in total. The summed E-state index contributed by atoms with van der Waals surface area (Å²) in [6.07, 6.45) is 5.55. The van der Waals surface area contributed by atoms with Crippen molar-refractivity contribution in [3.05, 3.63) is 0 Å². The van der Waals surface area contributed by atoms with Gasteiger partial charge < -0.3 is 21.1 Å². The lowest BCUT2D eigenvalue weighted by Gasteiger charge is -2.56. The maximum atomic E-state index is 12.6. The first-order valence-electron chi connectivity index (χ1n) is 10.8. The van der Waals surface area contributed by atoms with Crippen LogP contribution in [0, 0.1) is 29.1 Å². The first-order chi connectivity index (χ1) is 12.8. The van der Waals surface area contributed by atoms with E-state index in [0.29, 0.717) is 12.6 Å². The molecule has 0 radical (unpaired) electrons. The van der Waals surface area contributed by atoms with Crippen molar-refractivity contribution in [2.75, 3.05) is 6.54 Å². The van der Waals surface area contributed by atoms with E-state index in [4.69, 9.17) is 0 Å². The smallest absolute Gasteiger partial charge is 0.315 e. The summed E-state index contributed by atoms with van der Waals surface area (Å²) >= 11 is 0. The van der Waals surface area contributed by atoms with E-state index in [0.717, 1.165) is 38.5 Å². The molecule has 3 rings (SSSR count). The lowest BCUT2D eigenvalue weighted by Crippen LogP contribution is -2.59. The number of urea groups is 1. The lowest BCUT2D eigenvalue weighted by molar-refractivity contribution is -0.142. The molecular weight excluding hydrogens is 342 g/mol. The van der Waals surface area contributed by atoms with E-state index >= 15 is 0 Å². The number of nitrogens with one attached hydrogen (secondary N) is 3. The van der Waals surface area contributed by atoms with E-state index in [1.807, 2.05) is 13.8 Å². The summed E-state index contributed by atoms with van der Waals surface area (Å²) in [5, 5.41) is 20.3. The van der Waals surface area contributed by atoms with Crippen molar-refractivity contribution in [2.45, 2.75) is 84.4 Å². The summed E-state index contributed by atoms with van der Waals surface area (Å²) in [4.78, 5) is 24.6. The van der Waals surface area contributed by atoms with Crippen molar-refractivity contribution in [2.24, 2.45) is 29.1 Å². The van der Waals surface area contributed by atoms with Gasteiger partial charge in [0, 0.05) is 24.5 Å². The Hall–Kier alpha value is -1.30. The van der Waals surface area contributed by atoms with Crippen LogP contribution < -0.4 is 16.0 Å². The molecule has 3 aliphatic rings. The van der Waals surface area contributed by atoms with Crippen molar-refractivity contribution in [3.8, 4) is 0 Å². The average molecular weight is 380 g/mol. The van der Waals surface area contributed by atoms with E-state index in [1.165, 1.54) is 0 Å². The van der Waals surface area contributed by atoms with Gasteiger partial charge in [0.25, 0.3) is 0 Å². The third-order valence-corrected chi connectivity index (χ3v) is 7.52. The van der Waals surface area contributed by atoms with Crippen molar-refractivity contribution in [1.29, 1.82) is 0 Å². The molecule has 0 aromatic carbocycles. The van der Waals surface area contributed by atoms with Gasteiger partial charge >= 0.3 is 6.03 Å². The maximum Gasteiger partial charge on any atom is 0.315 e. The predicted octanol–water partition coefficient (Wildman–Crippen LogP) is 2.41. The largest absolute Gasteiger partial charge is 0.392 e. The van der Waals surface area contributed by atoms with Gasteiger partial charge in [0.15, 0.2) is 0 Å². The van der Waals surface area contributed by atoms with Gasteiger partial charge in [-0.05, 0) is 68.6 Å². The third kappa shape index (κ3) is 4.25. The average Bonchev–Trinajstić information content (AvgIpc) is 3.41. The minimum Gasteiger partial charge on any atom is -0.392 e. The molecule has 6 heteroatoms. The second-order valence-electron chi connectivity index (χ2n) is 9.45. The number of fused-ring (bicyclic) bond motifs is 1. The van der Waals surface area contributed by atoms with Crippen LogP contribution in [-0.4, -0.2) is 41.8 Å². The lowest BCUT2D eigenvalue weighted by atomic mass is 9.52. The second kappa shape index (κ2) is 7.98. The monoisotopic (exact) mass is 379 g/mol. The molecule has 0 unspecified atom stereocenters. The molecule has 3 aliphatic carbocycles. The molecule has 3 fully saturated rings. The Balaban J connectivity index is 1.70. The quantitative estimate of drug-likeness (QED) is 0.591. The van der Waals surface area contributed by atoms with Crippen LogP contribution in [0.15, 0.2) is 0 Å². The van der Waals surface area contributed by atoms with Crippen LogP contribution in [0.1, 0.15) is 66.2 Å². The first-order valence-corrected chi connectivity index (χ1v) is 10.8. The minimum atomic E-state index is -0.502. The van der Waals surface area contributed by atoms with E-state index in [-0.39, 0.29) is 47.1 Å². The van der Waals surface area contributed by atoms with Gasteiger partial charge in [-0.3, -0.25) is 4.79 Å². The van der Waals surface area contributed by atoms with Crippen molar-refractivity contribution >= 4 is 11.9 Å². The Kier molecular flexibility index (Phi) is 6.04. The predicted molar refractivity (Wildman–Crippen MR) is 105 cm³/mol. The zero-order valence-electron chi connectivity index (χ0n) is 17.3. The van der Waals surface area contributed by atoms with Gasteiger partial charge in [-0.1, -0.05) is 20.8 Å². The van der Waals surface area contributed by atoms with Crippen LogP contribution in [-0.2, 0) is 4.79 Å². The number of aliphatic hydroxyl groups is 1. The summed E-state index contributed by atoms with van der Waals surface area (Å²) in [7, 11) is 0. The van der Waals surface area contributed by atoms with E-state index < -0.39 is 6.10 Å². The Morgan fingerprint density at radius 3 is 2.44 bits per heavy atom. The molecule has 7 atom stereocenters. The van der Waals surface area contributed by atoms with Crippen LogP contribution in [0.4, 0.5) is 4.79 Å². The van der Waals surface area contributed by atoms with Gasteiger partial charge in [-0.15, -0.1) is 0 Å². The summed E-state index contributed by atoms with van der Waals surface area (Å²) in [5.74, 6) is 0.197.